The molecule has 0 spiro atoms. The molecule has 2 saturated carbocycles. The molecular formula is C42H48N2O13. The van der Waals surface area contributed by atoms with Crippen molar-refractivity contribution in [3.63, 3.8) is 0 Å². The van der Waals surface area contributed by atoms with Crippen molar-refractivity contribution in [2.45, 2.75) is 94.4 Å². The Morgan fingerprint density at radius 3 is 2.19 bits per heavy atom. The zero-order valence-electron chi connectivity index (χ0n) is 32.2. The molecule has 2 bridgehead atoms. The number of furan rings is 1. The molecule has 2 heterocycles. The van der Waals surface area contributed by atoms with E-state index in [2.05, 4.69) is 5.32 Å². The molecule has 15 heteroatoms. The first-order valence-electron chi connectivity index (χ1n) is 18.8. The summed E-state index contributed by atoms with van der Waals surface area (Å²) in [5, 5.41) is 63.4. The normalized spacial score (nSPS) is 33.9. The highest BCUT2D eigenvalue weighted by molar-refractivity contribution is 5.94. The van der Waals surface area contributed by atoms with Crippen LogP contribution < -0.4 is 10.2 Å². The molecule has 4 aliphatic rings. The molecular weight excluding hydrogens is 740 g/mol. The fourth-order valence-corrected chi connectivity index (χ4v) is 9.50. The summed E-state index contributed by atoms with van der Waals surface area (Å²) in [5.41, 5.74) is -7.10. The number of aliphatic hydroxyl groups is 5. The van der Waals surface area contributed by atoms with Crippen LogP contribution in [0.25, 0.3) is 0 Å². The van der Waals surface area contributed by atoms with Crippen LogP contribution in [0, 0.1) is 16.7 Å². The minimum atomic E-state index is -2.32. The van der Waals surface area contributed by atoms with E-state index in [1.54, 1.807) is 62.4 Å². The van der Waals surface area contributed by atoms with E-state index < -0.39 is 101 Å². The lowest BCUT2D eigenvalue weighted by atomic mass is 9.44. The number of benzene rings is 2. The fourth-order valence-electron chi connectivity index (χ4n) is 9.50. The summed E-state index contributed by atoms with van der Waals surface area (Å²) in [6.07, 6.45) is -9.20. The molecule has 6 N–H and O–H groups in total. The summed E-state index contributed by atoms with van der Waals surface area (Å²) in [4.78, 5) is 57.4. The number of amides is 2. The van der Waals surface area contributed by atoms with E-state index in [0.717, 1.165) is 0 Å². The number of ketones is 1. The molecule has 0 radical (unpaired) electrons. The van der Waals surface area contributed by atoms with Crippen molar-refractivity contribution in [3.05, 3.63) is 102 Å². The summed E-state index contributed by atoms with van der Waals surface area (Å²) >= 11 is 0. The zero-order chi connectivity index (χ0) is 41.2. The second-order valence-electron chi connectivity index (χ2n) is 16.3. The fraction of sp³-hybridized carbons (Fsp3) is 0.476. The quantitative estimate of drug-likeness (QED) is 0.143. The Balaban J connectivity index is 1.29. The van der Waals surface area contributed by atoms with Crippen LogP contribution in [0.15, 0.2) is 94.6 Å². The van der Waals surface area contributed by atoms with Gasteiger partial charge in [-0.25, -0.2) is 14.4 Å². The molecule has 57 heavy (non-hydrogen) atoms. The van der Waals surface area contributed by atoms with Gasteiger partial charge in [-0.1, -0.05) is 50.2 Å². The third kappa shape index (κ3) is 6.28. The minimum Gasteiger partial charge on any atom is -0.467 e. The monoisotopic (exact) mass is 788 g/mol. The van der Waals surface area contributed by atoms with Crippen LogP contribution in [0.4, 0.5) is 10.5 Å². The van der Waals surface area contributed by atoms with Gasteiger partial charge in [-0.3, -0.25) is 9.69 Å². The molecule has 3 aromatic rings. The number of urea groups is 1. The molecule has 10 unspecified atom stereocenters. The first-order chi connectivity index (χ1) is 26.9. The first kappa shape index (κ1) is 40.3. The van der Waals surface area contributed by atoms with E-state index in [9.17, 15) is 44.7 Å². The number of esters is 2. The average Bonchev–Trinajstić information content (AvgIpc) is 3.73. The number of fused-ring (bicyclic) bond motifs is 5. The topological polar surface area (TPSA) is 226 Å². The number of hydrogen-bond donors (Lipinski definition) is 6. The summed E-state index contributed by atoms with van der Waals surface area (Å²) in [5.74, 6) is -4.58. The Morgan fingerprint density at radius 2 is 1.60 bits per heavy atom. The van der Waals surface area contributed by atoms with Gasteiger partial charge in [0.1, 0.15) is 41.3 Å². The number of hydrogen-bond acceptors (Lipinski definition) is 13. The molecule has 3 aliphatic carbocycles. The predicted molar refractivity (Wildman–Crippen MR) is 200 cm³/mol. The Kier molecular flexibility index (Phi) is 10.2. The van der Waals surface area contributed by atoms with Crippen molar-refractivity contribution >= 4 is 29.4 Å². The maximum Gasteiger partial charge on any atom is 0.338 e. The SMILES string of the molecule is CC1=C2C(O)C(=O)[C@]3(C)C(O)CC4OCC4(O)C3C(OC(=O)c3ccccc3)C(O)(CC1OC(=O)C(O)C(NC(=O)N(C)c1ccccc1)c1ccco1)C2(C)C. The number of nitrogens with zero attached hydrogens (tertiary/aromatic N) is 1. The van der Waals surface area contributed by atoms with Gasteiger partial charge in [0.15, 0.2) is 11.9 Å². The molecule has 2 aromatic carbocycles. The average molecular weight is 789 g/mol. The number of anilines is 1. The van der Waals surface area contributed by atoms with Gasteiger partial charge in [-0.2, -0.15) is 0 Å². The highest BCUT2D eigenvalue weighted by Gasteiger charge is 2.76. The van der Waals surface area contributed by atoms with E-state index >= 15 is 0 Å². The number of aliphatic hydroxyl groups excluding tert-OH is 3. The molecule has 1 saturated heterocycles. The van der Waals surface area contributed by atoms with Gasteiger partial charge in [0.05, 0.1) is 36.1 Å². The second kappa shape index (κ2) is 14.5. The highest BCUT2D eigenvalue weighted by atomic mass is 16.6. The lowest BCUT2D eigenvalue weighted by molar-refractivity contribution is -0.343. The summed E-state index contributed by atoms with van der Waals surface area (Å²) in [7, 11) is 1.50. The van der Waals surface area contributed by atoms with Gasteiger partial charge >= 0.3 is 18.0 Å². The Bertz CT molecular complexity index is 2060. The van der Waals surface area contributed by atoms with Crippen LogP contribution in [-0.2, 0) is 23.8 Å². The molecule has 3 fully saturated rings. The van der Waals surface area contributed by atoms with Crippen LogP contribution >= 0.6 is 0 Å². The van der Waals surface area contributed by atoms with Crippen molar-refractivity contribution < 1.29 is 63.3 Å². The molecule has 2 amide bonds. The van der Waals surface area contributed by atoms with Crippen molar-refractivity contribution in [2.75, 3.05) is 18.6 Å². The summed E-state index contributed by atoms with van der Waals surface area (Å²) in [6.45, 7) is 5.65. The number of carbonyl (C=O) groups excluding carboxylic acids is 4. The van der Waals surface area contributed by atoms with Gasteiger partial charge in [0.2, 0.25) is 0 Å². The van der Waals surface area contributed by atoms with Crippen LogP contribution in [-0.4, -0.2) is 111 Å². The number of para-hydroxylation sites is 1. The predicted octanol–water partition coefficient (Wildman–Crippen LogP) is 2.60. The molecule has 15 nitrogen and oxygen atoms in total. The zero-order valence-corrected chi connectivity index (χ0v) is 32.2. The van der Waals surface area contributed by atoms with Crippen molar-refractivity contribution in [1.29, 1.82) is 0 Å². The molecule has 7 rings (SSSR count). The molecule has 1 aromatic heterocycles. The number of carbonyl (C=O) groups is 4. The maximum absolute atomic E-state index is 14.7. The number of rotatable bonds is 8. The summed E-state index contributed by atoms with van der Waals surface area (Å²) in [6, 6.07) is 17.3. The van der Waals surface area contributed by atoms with E-state index in [1.807, 2.05) is 0 Å². The van der Waals surface area contributed by atoms with Crippen LogP contribution in [0.3, 0.4) is 0 Å². The van der Waals surface area contributed by atoms with Crippen molar-refractivity contribution in [3.8, 4) is 0 Å². The molecule has 1 aliphatic heterocycles. The highest BCUT2D eigenvalue weighted by Crippen LogP contribution is 2.63. The number of ether oxygens (including phenoxy) is 3. The second-order valence-corrected chi connectivity index (χ2v) is 16.3. The van der Waals surface area contributed by atoms with Gasteiger partial charge in [-0.05, 0) is 61.4 Å². The van der Waals surface area contributed by atoms with Gasteiger partial charge < -0.3 is 49.5 Å². The van der Waals surface area contributed by atoms with Crippen molar-refractivity contribution in [1.82, 2.24) is 5.32 Å². The standard InChI is InChI=1S/C42H48N2O13/c1-22-26(56-37(50)32(47)30(25-17-12-18-54-25)43-38(51)44(5)24-15-10-7-11-16-24)20-42(53)35(57-36(49)23-13-8-6-9-14-23)33-40(4,27(45)19-28-41(33,52)21-55-28)34(48)31(46)29(22)39(42,2)3/h6-18,26-28,30-33,35,45-47,52-53H,19-21H2,1-5H3,(H,43,51)/t26?,27?,28?,30?,31?,32?,33?,35?,40-,41?,42?/m1/s1. The number of Topliss-reactive ketones (excluding diaryl/α,β-unsaturated/α-hetero) is 1. The Hall–Kier alpha value is -4.90. The van der Waals surface area contributed by atoms with E-state index in [-0.39, 0.29) is 35.5 Å². The van der Waals surface area contributed by atoms with Crippen LogP contribution in [0.1, 0.15) is 62.7 Å². The lowest BCUT2D eigenvalue weighted by Crippen LogP contribution is -2.81. The Labute approximate surface area is 328 Å². The number of nitrogens with one attached hydrogen (secondary N) is 1. The summed E-state index contributed by atoms with van der Waals surface area (Å²) < 4.78 is 23.3. The lowest BCUT2D eigenvalue weighted by Gasteiger charge is -2.66. The van der Waals surface area contributed by atoms with Gasteiger partial charge in [0, 0.05) is 36.9 Å². The minimum absolute atomic E-state index is 0.0208. The Morgan fingerprint density at radius 1 is 0.947 bits per heavy atom. The molecule has 11 atom stereocenters. The van der Waals surface area contributed by atoms with E-state index in [1.165, 1.54) is 56.3 Å². The van der Waals surface area contributed by atoms with E-state index in [4.69, 9.17) is 18.6 Å². The van der Waals surface area contributed by atoms with Gasteiger partial charge in [-0.15, -0.1) is 0 Å². The maximum atomic E-state index is 14.7. The largest absolute Gasteiger partial charge is 0.467 e. The van der Waals surface area contributed by atoms with Crippen molar-refractivity contribution in [2.24, 2.45) is 16.7 Å². The molecule has 304 valence electrons. The van der Waals surface area contributed by atoms with E-state index in [0.29, 0.717) is 5.69 Å². The van der Waals surface area contributed by atoms with Crippen LogP contribution in [0.5, 0.6) is 0 Å². The smallest absolute Gasteiger partial charge is 0.338 e. The van der Waals surface area contributed by atoms with Crippen LogP contribution in [0.2, 0.25) is 0 Å². The first-order valence-corrected chi connectivity index (χ1v) is 18.8. The third-order valence-electron chi connectivity index (χ3n) is 13.0. The third-order valence-corrected chi connectivity index (χ3v) is 13.0. The van der Waals surface area contributed by atoms with Gasteiger partial charge in [0.25, 0.3) is 0 Å².